The van der Waals surface area contributed by atoms with E-state index in [1.165, 1.54) is 38.5 Å². The van der Waals surface area contributed by atoms with Crippen LogP contribution in [0.4, 0.5) is 8.78 Å². The van der Waals surface area contributed by atoms with Crippen molar-refractivity contribution < 1.29 is 23.0 Å². The largest absolute Gasteiger partial charge is 0.378 e. The van der Waals surface area contributed by atoms with Crippen LogP contribution < -0.4 is 0 Å². The summed E-state index contributed by atoms with van der Waals surface area (Å²) in [6.07, 6.45) is 17.4. The Morgan fingerprint density at radius 1 is 0.903 bits per heavy atom. The van der Waals surface area contributed by atoms with Crippen LogP contribution in [0.25, 0.3) is 0 Å². The van der Waals surface area contributed by atoms with Crippen LogP contribution in [0.15, 0.2) is 24.3 Å². The summed E-state index contributed by atoms with van der Waals surface area (Å²) in [6, 6.07) is 0. The van der Waals surface area contributed by atoms with Gasteiger partial charge in [-0.2, -0.15) is 8.78 Å². The smallest absolute Gasteiger partial charge is 0.266 e. The minimum absolute atomic E-state index is 0.00220. The van der Waals surface area contributed by atoms with Crippen LogP contribution in [0.3, 0.4) is 0 Å². The number of hydrogen-bond acceptors (Lipinski definition) is 3. The maximum Gasteiger partial charge on any atom is 0.266 e. The first-order valence-electron chi connectivity index (χ1n) is 12.6. The first-order valence-corrected chi connectivity index (χ1v) is 12.6. The molecule has 0 radical (unpaired) electrons. The third kappa shape index (κ3) is 8.94. The summed E-state index contributed by atoms with van der Waals surface area (Å²) < 4.78 is 42.9. The van der Waals surface area contributed by atoms with Gasteiger partial charge in [0, 0.05) is 18.4 Å². The van der Waals surface area contributed by atoms with Crippen LogP contribution in [0.2, 0.25) is 0 Å². The molecular formula is C26H42F2O3. The van der Waals surface area contributed by atoms with Crippen molar-refractivity contribution >= 4 is 0 Å². The molecule has 0 spiro atoms. The van der Waals surface area contributed by atoms with Gasteiger partial charge in [-0.05, 0) is 102 Å². The zero-order valence-electron chi connectivity index (χ0n) is 19.3. The van der Waals surface area contributed by atoms with Gasteiger partial charge in [0.1, 0.15) is 0 Å². The normalized spacial score (nSPS) is 34.7. The molecule has 0 bridgehead atoms. The molecule has 3 nitrogen and oxygen atoms in total. The van der Waals surface area contributed by atoms with Gasteiger partial charge in [0.05, 0.1) is 19.3 Å². The van der Waals surface area contributed by atoms with Gasteiger partial charge in [0.2, 0.25) is 0 Å². The number of allylic oxidation sites excluding steroid dienone is 3. The van der Waals surface area contributed by atoms with Crippen LogP contribution in [0, 0.1) is 23.7 Å². The van der Waals surface area contributed by atoms with E-state index < -0.39 is 6.08 Å². The predicted molar refractivity (Wildman–Crippen MR) is 120 cm³/mol. The van der Waals surface area contributed by atoms with Crippen molar-refractivity contribution in [3.8, 4) is 0 Å². The van der Waals surface area contributed by atoms with E-state index in [0.29, 0.717) is 11.8 Å². The molecule has 1 aliphatic heterocycles. The molecule has 5 heteroatoms. The maximum absolute atomic E-state index is 12.3. The summed E-state index contributed by atoms with van der Waals surface area (Å²) in [6.45, 7) is 4.45. The van der Waals surface area contributed by atoms with Crippen molar-refractivity contribution in [3.63, 3.8) is 0 Å². The molecule has 0 aromatic carbocycles. The first-order chi connectivity index (χ1) is 15.1. The molecule has 2 saturated carbocycles. The molecule has 0 aromatic rings. The summed E-state index contributed by atoms with van der Waals surface area (Å²) in [5, 5.41) is 0. The van der Waals surface area contributed by atoms with Gasteiger partial charge in [-0.3, -0.25) is 0 Å². The average molecular weight is 441 g/mol. The zero-order valence-corrected chi connectivity index (χ0v) is 19.3. The summed E-state index contributed by atoms with van der Waals surface area (Å²) in [5.41, 5.74) is 0. The Hall–Kier alpha value is -0.780. The molecule has 3 fully saturated rings. The second-order valence-electron chi connectivity index (χ2n) is 9.83. The third-order valence-electron chi connectivity index (χ3n) is 7.44. The van der Waals surface area contributed by atoms with E-state index in [1.54, 1.807) is 0 Å². The van der Waals surface area contributed by atoms with E-state index in [2.05, 4.69) is 19.1 Å². The standard InChI is InChI=1S/C26H42F2O3/c1-2-3-4-6-20-8-12-23(13-9-20)26-30-18-22(19-31-26)7-5-16-29-24-14-10-21(11-15-24)17-25(27)28/h2-3,17,20-24,26H,4-16,18-19H2,1H3/b3-2+. The highest BCUT2D eigenvalue weighted by molar-refractivity contribution is 4.91. The number of hydrogen-bond donors (Lipinski definition) is 0. The van der Waals surface area contributed by atoms with Crippen molar-refractivity contribution in [2.75, 3.05) is 19.8 Å². The lowest BCUT2D eigenvalue weighted by Gasteiger charge is -2.37. The van der Waals surface area contributed by atoms with Crippen molar-refractivity contribution in [1.82, 2.24) is 0 Å². The van der Waals surface area contributed by atoms with Gasteiger partial charge in [0.15, 0.2) is 6.29 Å². The number of rotatable bonds is 10. The van der Waals surface area contributed by atoms with Gasteiger partial charge in [-0.1, -0.05) is 12.2 Å². The third-order valence-corrected chi connectivity index (χ3v) is 7.44. The molecule has 0 amide bonds. The fourth-order valence-electron chi connectivity index (χ4n) is 5.47. The van der Waals surface area contributed by atoms with Gasteiger partial charge < -0.3 is 14.2 Å². The van der Waals surface area contributed by atoms with Crippen LogP contribution >= 0.6 is 0 Å². The van der Waals surface area contributed by atoms with Gasteiger partial charge in [-0.15, -0.1) is 0 Å². The Labute approximate surface area is 187 Å². The van der Waals surface area contributed by atoms with Crippen LogP contribution in [-0.2, 0) is 14.2 Å². The number of ether oxygens (including phenoxy) is 3. The van der Waals surface area contributed by atoms with E-state index in [-0.39, 0.29) is 18.3 Å². The lowest BCUT2D eigenvalue weighted by atomic mass is 9.79. The van der Waals surface area contributed by atoms with Crippen LogP contribution in [0.1, 0.15) is 84.0 Å². The van der Waals surface area contributed by atoms with Crippen LogP contribution in [-0.4, -0.2) is 32.2 Å². The molecule has 0 aromatic heterocycles. The van der Waals surface area contributed by atoms with Crippen LogP contribution in [0.5, 0.6) is 0 Å². The molecule has 3 aliphatic rings. The van der Waals surface area contributed by atoms with Crippen molar-refractivity contribution in [2.45, 2.75) is 96.4 Å². The molecule has 0 atom stereocenters. The highest BCUT2D eigenvalue weighted by atomic mass is 19.3. The van der Waals surface area contributed by atoms with E-state index in [4.69, 9.17) is 14.2 Å². The molecule has 1 heterocycles. The first kappa shape index (κ1) is 24.9. The van der Waals surface area contributed by atoms with Gasteiger partial charge in [-0.25, -0.2) is 0 Å². The molecule has 0 N–H and O–H groups in total. The predicted octanol–water partition coefficient (Wildman–Crippen LogP) is 7.27. The molecule has 1 saturated heterocycles. The Morgan fingerprint density at radius 2 is 1.61 bits per heavy atom. The molecule has 3 rings (SSSR count). The minimum Gasteiger partial charge on any atom is -0.378 e. The summed E-state index contributed by atoms with van der Waals surface area (Å²) in [4.78, 5) is 0. The Balaban J connectivity index is 1.21. The quantitative estimate of drug-likeness (QED) is 0.264. The average Bonchev–Trinajstić information content (AvgIpc) is 2.79. The van der Waals surface area contributed by atoms with Gasteiger partial charge >= 0.3 is 0 Å². The summed E-state index contributed by atoms with van der Waals surface area (Å²) >= 11 is 0. The molecule has 2 aliphatic carbocycles. The van der Waals surface area contributed by atoms with Gasteiger partial charge in [0.25, 0.3) is 6.08 Å². The number of halogens is 2. The molecule has 31 heavy (non-hydrogen) atoms. The fourth-order valence-corrected chi connectivity index (χ4v) is 5.47. The minimum atomic E-state index is -1.55. The van der Waals surface area contributed by atoms with Crippen molar-refractivity contribution in [2.24, 2.45) is 23.7 Å². The second-order valence-corrected chi connectivity index (χ2v) is 9.83. The lowest BCUT2D eigenvalue weighted by Crippen LogP contribution is -2.38. The lowest BCUT2D eigenvalue weighted by molar-refractivity contribution is -0.230. The van der Waals surface area contributed by atoms with E-state index in [9.17, 15) is 8.78 Å². The topological polar surface area (TPSA) is 27.7 Å². The zero-order chi connectivity index (χ0) is 21.9. The SMILES string of the molecule is C/C=C/CCC1CCC(C2OCC(CCCOC3CCC(C=C(F)F)CC3)CO2)CC1. The van der Waals surface area contributed by atoms with E-state index >= 15 is 0 Å². The van der Waals surface area contributed by atoms with E-state index in [0.717, 1.165) is 70.3 Å². The second kappa shape index (κ2) is 13.7. The monoisotopic (exact) mass is 440 g/mol. The van der Waals surface area contributed by atoms with Crippen molar-refractivity contribution in [3.05, 3.63) is 24.3 Å². The molecular weight excluding hydrogens is 398 g/mol. The van der Waals surface area contributed by atoms with Crippen molar-refractivity contribution in [1.29, 1.82) is 0 Å². The van der Waals surface area contributed by atoms with E-state index in [1.807, 2.05) is 0 Å². The highest BCUT2D eigenvalue weighted by Gasteiger charge is 2.32. The molecule has 178 valence electrons. The fraction of sp³-hybridized carbons (Fsp3) is 0.846. The maximum atomic E-state index is 12.3. The summed E-state index contributed by atoms with van der Waals surface area (Å²) in [5.74, 6) is 1.94. The molecule has 0 unspecified atom stereocenters. The Morgan fingerprint density at radius 3 is 2.26 bits per heavy atom. The Kier molecular flexibility index (Phi) is 11.0. The highest BCUT2D eigenvalue weighted by Crippen LogP contribution is 2.36. The Bertz CT molecular complexity index is 537. The summed E-state index contributed by atoms with van der Waals surface area (Å²) in [7, 11) is 0.